The molecule has 0 unspecified atom stereocenters. The molecule has 0 radical (unpaired) electrons. The van der Waals surface area contributed by atoms with E-state index < -0.39 is 0 Å². The molecule has 2 aromatic rings. The molecule has 0 aliphatic heterocycles. The molecule has 1 aromatic carbocycles. The van der Waals surface area contributed by atoms with Crippen LogP contribution in [0.15, 0.2) is 30.5 Å². The normalized spacial score (nSPS) is 11.2. The van der Waals surface area contributed by atoms with Gasteiger partial charge in [-0.15, -0.1) is 0 Å². The molecular weight excluding hydrogens is 269 g/mol. The van der Waals surface area contributed by atoms with Crippen molar-refractivity contribution in [1.82, 2.24) is 14.5 Å². The van der Waals surface area contributed by atoms with Crippen LogP contribution in [-0.2, 0) is 20.1 Å². The Morgan fingerprint density at radius 2 is 2.06 bits per heavy atom. The predicted octanol–water partition coefficient (Wildman–Crippen LogP) is 3.36. The van der Waals surface area contributed by atoms with Crippen molar-refractivity contribution in [2.45, 2.75) is 13.1 Å². The van der Waals surface area contributed by atoms with Gasteiger partial charge in [0, 0.05) is 18.6 Å². The van der Waals surface area contributed by atoms with Crippen molar-refractivity contribution in [2.24, 2.45) is 7.05 Å². The van der Waals surface area contributed by atoms with Crippen LogP contribution in [0.2, 0.25) is 10.2 Å². The van der Waals surface area contributed by atoms with Gasteiger partial charge in [-0.25, -0.2) is 4.98 Å². The fourth-order valence-electron chi connectivity index (χ4n) is 1.82. The van der Waals surface area contributed by atoms with Crippen LogP contribution in [-0.4, -0.2) is 21.5 Å². The summed E-state index contributed by atoms with van der Waals surface area (Å²) in [5.41, 5.74) is 1.19. The Bertz CT molecular complexity index is 537. The molecular formula is C13H15Cl2N3. The van der Waals surface area contributed by atoms with E-state index in [2.05, 4.69) is 16.0 Å². The fourth-order valence-corrected chi connectivity index (χ4v) is 2.17. The van der Waals surface area contributed by atoms with Gasteiger partial charge in [-0.05, 0) is 24.7 Å². The number of benzene rings is 1. The molecule has 1 aromatic heterocycles. The fraction of sp³-hybridized carbons (Fsp3) is 0.308. The third kappa shape index (κ3) is 3.25. The number of aromatic nitrogens is 2. The maximum atomic E-state index is 5.96. The van der Waals surface area contributed by atoms with E-state index in [0.717, 1.165) is 23.9 Å². The van der Waals surface area contributed by atoms with Crippen LogP contribution in [0.25, 0.3) is 0 Å². The van der Waals surface area contributed by atoms with Gasteiger partial charge in [0.2, 0.25) is 0 Å². The van der Waals surface area contributed by atoms with Crippen LogP contribution in [0, 0.1) is 0 Å². The van der Waals surface area contributed by atoms with Crippen LogP contribution in [0.4, 0.5) is 0 Å². The molecule has 0 amide bonds. The van der Waals surface area contributed by atoms with E-state index in [1.807, 2.05) is 36.9 Å². The molecule has 18 heavy (non-hydrogen) atoms. The summed E-state index contributed by atoms with van der Waals surface area (Å²) < 4.78 is 1.88. The lowest BCUT2D eigenvalue weighted by molar-refractivity contribution is 0.307. The van der Waals surface area contributed by atoms with Crippen LogP contribution in [0.3, 0.4) is 0 Å². The van der Waals surface area contributed by atoms with Crippen molar-refractivity contribution in [3.8, 4) is 0 Å². The van der Waals surface area contributed by atoms with Crippen molar-refractivity contribution in [2.75, 3.05) is 7.05 Å². The standard InChI is InChI=1S/C13H15Cl2N3/c1-17(8-10-4-3-5-11(14)6-10)9-13-16-7-12(15)18(13)2/h3-7H,8-9H2,1-2H3. The summed E-state index contributed by atoms with van der Waals surface area (Å²) in [6, 6.07) is 7.88. The van der Waals surface area contributed by atoms with E-state index in [1.54, 1.807) is 6.20 Å². The second-order valence-electron chi connectivity index (χ2n) is 4.36. The highest BCUT2D eigenvalue weighted by molar-refractivity contribution is 6.30. The first kappa shape index (κ1) is 13.4. The van der Waals surface area contributed by atoms with Gasteiger partial charge in [0.05, 0.1) is 12.7 Å². The van der Waals surface area contributed by atoms with Crippen LogP contribution < -0.4 is 0 Å². The van der Waals surface area contributed by atoms with Gasteiger partial charge in [-0.1, -0.05) is 35.3 Å². The summed E-state index contributed by atoms with van der Waals surface area (Å²) in [5.74, 6) is 0.949. The molecule has 0 saturated heterocycles. The monoisotopic (exact) mass is 283 g/mol. The van der Waals surface area contributed by atoms with Gasteiger partial charge in [-0.3, -0.25) is 4.90 Å². The Hall–Kier alpha value is -1.03. The second kappa shape index (κ2) is 5.74. The number of imidazole rings is 1. The maximum Gasteiger partial charge on any atom is 0.128 e. The van der Waals surface area contributed by atoms with Crippen LogP contribution >= 0.6 is 23.2 Å². The largest absolute Gasteiger partial charge is 0.321 e. The third-order valence-electron chi connectivity index (χ3n) is 2.78. The Morgan fingerprint density at radius 1 is 1.28 bits per heavy atom. The molecule has 96 valence electrons. The number of hydrogen-bond acceptors (Lipinski definition) is 2. The zero-order chi connectivity index (χ0) is 13.1. The molecule has 0 N–H and O–H groups in total. The highest BCUT2D eigenvalue weighted by atomic mass is 35.5. The molecule has 0 atom stereocenters. The first-order valence-electron chi connectivity index (χ1n) is 5.65. The number of halogens is 2. The quantitative estimate of drug-likeness (QED) is 0.858. The van der Waals surface area contributed by atoms with Crippen molar-refractivity contribution in [3.63, 3.8) is 0 Å². The molecule has 0 spiro atoms. The van der Waals surface area contributed by atoms with Crippen molar-refractivity contribution in [1.29, 1.82) is 0 Å². The van der Waals surface area contributed by atoms with Gasteiger partial charge in [0.1, 0.15) is 11.0 Å². The molecule has 3 nitrogen and oxygen atoms in total. The molecule has 0 saturated carbocycles. The summed E-state index contributed by atoms with van der Waals surface area (Å²) in [5, 5.41) is 1.42. The minimum absolute atomic E-state index is 0.654. The Balaban J connectivity index is 2.01. The second-order valence-corrected chi connectivity index (χ2v) is 5.18. The SMILES string of the molecule is CN(Cc1cccc(Cl)c1)Cc1ncc(Cl)n1C. The lowest BCUT2D eigenvalue weighted by Gasteiger charge is -2.16. The topological polar surface area (TPSA) is 21.1 Å². The minimum Gasteiger partial charge on any atom is -0.321 e. The van der Waals surface area contributed by atoms with E-state index in [0.29, 0.717) is 5.15 Å². The van der Waals surface area contributed by atoms with Gasteiger partial charge >= 0.3 is 0 Å². The van der Waals surface area contributed by atoms with Crippen LogP contribution in [0.5, 0.6) is 0 Å². The smallest absolute Gasteiger partial charge is 0.128 e. The summed E-state index contributed by atoms with van der Waals surface area (Å²) in [7, 11) is 3.96. The number of rotatable bonds is 4. The zero-order valence-electron chi connectivity index (χ0n) is 10.4. The minimum atomic E-state index is 0.654. The molecule has 0 bridgehead atoms. The summed E-state index contributed by atoms with van der Waals surface area (Å²) in [6.07, 6.45) is 1.67. The maximum absolute atomic E-state index is 5.96. The Morgan fingerprint density at radius 3 is 2.67 bits per heavy atom. The first-order valence-corrected chi connectivity index (χ1v) is 6.41. The number of hydrogen-bond donors (Lipinski definition) is 0. The lowest BCUT2D eigenvalue weighted by atomic mass is 10.2. The van der Waals surface area contributed by atoms with E-state index in [1.165, 1.54) is 5.56 Å². The van der Waals surface area contributed by atoms with Crippen molar-refractivity contribution >= 4 is 23.2 Å². The van der Waals surface area contributed by atoms with E-state index in [-0.39, 0.29) is 0 Å². The predicted molar refractivity (Wildman–Crippen MR) is 74.8 cm³/mol. The van der Waals surface area contributed by atoms with Gasteiger partial charge in [0.15, 0.2) is 0 Å². The first-order chi connectivity index (χ1) is 8.56. The average molecular weight is 284 g/mol. The van der Waals surface area contributed by atoms with Gasteiger partial charge < -0.3 is 4.57 Å². The summed E-state index contributed by atoms with van der Waals surface area (Å²) in [6.45, 7) is 1.57. The molecule has 2 rings (SSSR count). The Labute approximate surface area is 117 Å². The highest BCUT2D eigenvalue weighted by Crippen LogP contribution is 2.14. The lowest BCUT2D eigenvalue weighted by Crippen LogP contribution is -2.19. The zero-order valence-corrected chi connectivity index (χ0v) is 11.9. The Kier molecular flexibility index (Phi) is 4.27. The molecule has 5 heteroatoms. The number of nitrogens with zero attached hydrogens (tertiary/aromatic N) is 3. The summed E-state index contributed by atoms with van der Waals surface area (Å²) >= 11 is 11.9. The third-order valence-corrected chi connectivity index (χ3v) is 3.37. The van der Waals surface area contributed by atoms with Crippen molar-refractivity contribution in [3.05, 3.63) is 52.0 Å². The van der Waals surface area contributed by atoms with Crippen LogP contribution in [0.1, 0.15) is 11.4 Å². The molecule has 0 fully saturated rings. The average Bonchev–Trinajstić information content (AvgIpc) is 2.61. The van der Waals surface area contributed by atoms with Crippen molar-refractivity contribution < 1.29 is 0 Å². The molecule has 1 heterocycles. The molecule has 0 aliphatic rings. The molecule has 0 aliphatic carbocycles. The van der Waals surface area contributed by atoms with E-state index in [9.17, 15) is 0 Å². The summed E-state index contributed by atoms with van der Waals surface area (Å²) in [4.78, 5) is 6.45. The van der Waals surface area contributed by atoms with E-state index in [4.69, 9.17) is 23.2 Å². The highest BCUT2D eigenvalue weighted by Gasteiger charge is 2.08. The van der Waals surface area contributed by atoms with Gasteiger partial charge in [0.25, 0.3) is 0 Å². The van der Waals surface area contributed by atoms with E-state index >= 15 is 0 Å². The van der Waals surface area contributed by atoms with Gasteiger partial charge in [-0.2, -0.15) is 0 Å².